The third kappa shape index (κ3) is 3.94. The van der Waals surface area contributed by atoms with Crippen LogP contribution in [0.3, 0.4) is 0 Å². The Bertz CT molecular complexity index is 670. The summed E-state index contributed by atoms with van der Waals surface area (Å²) in [6.45, 7) is 0.516. The minimum absolute atomic E-state index is 0.00760. The third-order valence-electron chi connectivity index (χ3n) is 2.63. The molecule has 0 fully saturated rings. The van der Waals surface area contributed by atoms with Crippen LogP contribution in [0.1, 0.15) is 5.56 Å². The van der Waals surface area contributed by atoms with Crippen molar-refractivity contribution in [2.24, 2.45) is 0 Å². The van der Waals surface area contributed by atoms with Gasteiger partial charge in [0.25, 0.3) is 0 Å². The molecule has 0 atom stereocenters. The highest BCUT2D eigenvalue weighted by Crippen LogP contribution is 2.25. The van der Waals surface area contributed by atoms with Crippen molar-refractivity contribution in [2.75, 3.05) is 17.6 Å². The first-order valence-electron chi connectivity index (χ1n) is 6.17. The quantitative estimate of drug-likeness (QED) is 0.381. The van der Waals surface area contributed by atoms with Gasteiger partial charge < -0.3 is 5.32 Å². The van der Waals surface area contributed by atoms with Crippen molar-refractivity contribution in [3.05, 3.63) is 58.3 Å². The van der Waals surface area contributed by atoms with E-state index in [1.807, 2.05) is 30.3 Å². The Labute approximate surface area is 126 Å². The molecule has 1 heterocycles. The van der Waals surface area contributed by atoms with Crippen LogP contribution in [0, 0.1) is 21.4 Å². The van der Waals surface area contributed by atoms with Crippen molar-refractivity contribution in [3.8, 4) is 6.07 Å². The Balaban J connectivity index is 1.98. The predicted octanol–water partition coefficient (Wildman–Crippen LogP) is 3.07. The first kappa shape index (κ1) is 14.8. The second-order valence-corrected chi connectivity index (χ2v) is 5.18. The summed E-state index contributed by atoms with van der Waals surface area (Å²) in [7, 11) is 0. The SMILES string of the molecule is N#Cc1ccnc(NCCSc2ccccc2)c1[N+](=O)[O-]. The molecule has 21 heavy (non-hydrogen) atoms. The monoisotopic (exact) mass is 300 g/mol. The summed E-state index contributed by atoms with van der Waals surface area (Å²) in [6, 6.07) is 13.0. The fraction of sp³-hybridized carbons (Fsp3) is 0.143. The molecule has 0 saturated carbocycles. The van der Waals surface area contributed by atoms with Gasteiger partial charge in [0.2, 0.25) is 5.82 Å². The zero-order valence-electron chi connectivity index (χ0n) is 11.0. The highest BCUT2D eigenvalue weighted by Gasteiger charge is 2.20. The van der Waals surface area contributed by atoms with Gasteiger partial charge in [0.15, 0.2) is 0 Å². The van der Waals surface area contributed by atoms with E-state index in [-0.39, 0.29) is 17.1 Å². The first-order chi connectivity index (χ1) is 10.2. The van der Waals surface area contributed by atoms with Crippen LogP contribution >= 0.6 is 11.8 Å². The van der Waals surface area contributed by atoms with Crippen LogP contribution in [-0.2, 0) is 0 Å². The lowest BCUT2D eigenvalue weighted by molar-refractivity contribution is -0.384. The molecule has 1 aromatic heterocycles. The Kier molecular flexibility index (Phi) is 5.12. The molecule has 0 unspecified atom stereocenters. The molecule has 0 radical (unpaired) electrons. The second kappa shape index (κ2) is 7.26. The highest BCUT2D eigenvalue weighted by atomic mass is 32.2. The van der Waals surface area contributed by atoms with Crippen molar-refractivity contribution in [3.63, 3.8) is 0 Å². The van der Waals surface area contributed by atoms with E-state index < -0.39 is 4.92 Å². The van der Waals surface area contributed by atoms with Crippen LogP contribution in [0.5, 0.6) is 0 Å². The lowest BCUT2D eigenvalue weighted by atomic mass is 10.2. The van der Waals surface area contributed by atoms with Gasteiger partial charge in [-0.05, 0) is 18.2 Å². The Morgan fingerprint density at radius 2 is 2.10 bits per heavy atom. The van der Waals surface area contributed by atoms with Crippen LogP contribution in [-0.4, -0.2) is 22.2 Å². The summed E-state index contributed by atoms with van der Waals surface area (Å²) in [5.74, 6) is 0.868. The van der Waals surface area contributed by atoms with Gasteiger partial charge in [-0.1, -0.05) is 18.2 Å². The van der Waals surface area contributed by atoms with Crippen molar-refractivity contribution >= 4 is 23.3 Å². The average molecular weight is 300 g/mol. The molecule has 2 aromatic rings. The summed E-state index contributed by atoms with van der Waals surface area (Å²) in [5, 5.41) is 22.8. The van der Waals surface area contributed by atoms with E-state index in [2.05, 4.69) is 10.3 Å². The van der Waals surface area contributed by atoms with Crippen LogP contribution in [0.15, 0.2) is 47.5 Å². The second-order valence-electron chi connectivity index (χ2n) is 4.01. The fourth-order valence-electron chi connectivity index (χ4n) is 1.71. The molecule has 0 amide bonds. The number of hydrogen-bond acceptors (Lipinski definition) is 6. The number of nitro groups is 1. The molecule has 2 rings (SSSR count). The standard InChI is InChI=1S/C14H12N4O2S/c15-10-11-6-7-16-14(13(11)18(19)20)17-8-9-21-12-4-2-1-3-5-12/h1-7H,8-9H2,(H,16,17). The molecular formula is C14H12N4O2S. The van der Waals surface area contributed by atoms with Crippen LogP contribution in [0.2, 0.25) is 0 Å². The van der Waals surface area contributed by atoms with Crippen molar-refractivity contribution < 1.29 is 4.92 Å². The number of thioether (sulfide) groups is 1. The minimum Gasteiger partial charge on any atom is -0.363 e. The summed E-state index contributed by atoms with van der Waals surface area (Å²) in [6.07, 6.45) is 1.39. The number of nitriles is 1. The zero-order chi connectivity index (χ0) is 15.1. The number of anilines is 1. The molecule has 106 valence electrons. The van der Waals surface area contributed by atoms with E-state index in [0.717, 1.165) is 10.6 Å². The van der Waals surface area contributed by atoms with Crippen LogP contribution in [0.25, 0.3) is 0 Å². The lowest BCUT2D eigenvalue weighted by Gasteiger charge is -2.06. The van der Waals surface area contributed by atoms with Gasteiger partial charge in [-0.25, -0.2) is 4.98 Å². The average Bonchev–Trinajstić information content (AvgIpc) is 2.52. The maximum absolute atomic E-state index is 11.0. The van der Waals surface area contributed by atoms with E-state index in [4.69, 9.17) is 5.26 Å². The number of nitrogens with zero attached hydrogens (tertiary/aromatic N) is 3. The number of benzene rings is 1. The van der Waals surface area contributed by atoms with Gasteiger partial charge in [-0.15, -0.1) is 11.8 Å². The summed E-state index contributed by atoms with van der Waals surface area (Å²) in [4.78, 5) is 15.5. The van der Waals surface area contributed by atoms with Crippen molar-refractivity contribution in [1.82, 2.24) is 4.98 Å². The fourth-order valence-corrected chi connectivity index (χ4v) is 2.50. The highest BCUT2D eigenvalue weighted by molar-refractivity contribution is 7.99. The molecule has 0 bridgehead atoms. The van der Waals surface area contributed by atoms with Gasteiger partial charge in [-0.2, -0.15) is 5.26 Å². The molecule has 1 aromatic carbocycles. The Hall–Kier alpha value is -2.59. The first-order valence-corrected chi connectivity index (χ1v) is 7.16. The molecule has 6 nitrogen and oxygen atoms in total. The summed E-state index contributed by atoms with van der Waals surface area (Å²) >= 11 is 1.64. The van der Waals surface area contributed by atoms with Crippen LogP contribution < -0.4 is 5.32 Å². The number of pyridine rings is 1. The number of rotatable bonds is 6. The molecular weight excluding hydrogens is 288 g/mol. The lowest BCUT2D eigenvalue weighted by Crippen LogP contribution is -2.09. The molecule has 0 aliphatic carbocycles. The maximum Gasteiger partial charge on any atom is 0.328 e. The third-order valence-corrected chi connectivity index (χ3v) is 3.65. The molecule has 7 heteroatoms. The predicted molar refractivity (Wildman–Crippen MR) is 81.3 cm³/mol. The summed E-state index contributed by atoms with van der Waals surface area (Å²) < 4.78 is 0. The minimum atomic E-state index is -0.585. The van der Waals surface area contributed by atoms with E-state index in [1.165, 1.54) is 12.3 Å². The summed E-state index contributed by atoms with van der Waals surface area (Å²) in [5.41, 5.74) is -0.266. The molecule has 0 aliphatic heterocycles. The normalized spacial score (nSPS) is 9.86. The van der Waals surface area contributed by atoms with Gasteiger partial charge in [0, 0.05) is 23.4 Å². The van der Waals surface area contributed by atoms with E-state index in [0.29, 0.717) is 6.54 Å². The zero-order valence-corrected chi connectivity index (χ0v) is 11.8. The largest absolute Gasteiger partial charge is 0.363 e. The van der Waals surface area contributed by atoms with E-state index in [1.54, 1.807) is 17.8 Å². The van der Waals surface area contributed by atoms with Gasteiger partial charge in [-0.3, -0.25) is 10.1 Å². The topological polar surface area (TPSA) is 91.8 Å². The molecule has 0 spiro atoms. The van der Waals surface area contributed by atoms with Gasteiger partial charge in [0.05, 0.1) is 4.92 Å². The molecule has 1 N–H and O–H groups in total. The number of hydrogen-bond donors (Lipinski definition) is 1. The maximum atomic E-state index is 11.0. The number of aromatic nitrogens is 1. The van der Waals surface area contributed by atoms with E-state index in [9.17, 15) is 10.1 Å². The smallest absolute Gasteiger partial charge is 0.328 e. The number of nitrogens with one attached hydrogen (secondary N) is 1. The van der Waals surface area contributed by atoms with Gasteiger partial charge in [0.1, 0.15) is 11.6 Å². The Morgan fingerprint density at radius 3 is 2.76 bits per heavy atom. The van der Waals surface area contributed by atoms with Gasteiger partial charge >= 0.3 is 5.69 Å². The van der Waals surface area contributed by atoms with Crippen LogP contribution in [0.4, 0.5) is 11.5 Å². The molecule has 0 saturated heterocycles. The Morgan fingerprint density at radius 1 is 1.33 bits per heavy atom. The van der Waals surface area contributed by atoms with Crippen molar-refractivity contribution in [2.45, 2.75) is 4.90 Å². The molecule has 0 aliphatic rings. The van der Waals surface area contributed by atoms with Crippen molar-refractivity contribution in [1.29, 1.82) is 5.26 Å². The van der Waals surface area contributed by atoms with E-state index >= 15 is 0 Å².